The summed E-state index contributed by atoms with van der Waals surface area (Å²) >= 11 is 0. The molecule has 0 aliphatic heterocycles. The molecular weight excluding hydrogens is 292 g/mol. The lowest BCUT2D eigenvalue weighted by Gasteiger charge is -2.07. The number of rotatable bonds is 17. The lowest BCUT2D eigenvalue weighted by atomic mass is 10.1. The Morgan fingerprint density at radius 2 is 1.57 bits per heavy atom. The molecule has 3 N–H and O–H groups in total. The zero-order valence-electron chi connectivity index (χ0n) is 15.0. The maximum atomic E-state index is 9.85. The van der Waals surface area contributed by atoms with E-state index in [4.69, 9.17) is 14.9 Å². The normalized spacial score (nSPS) is 14.4. The monoisotopic (exact) mass is 330 g/mol. The molecule has 4 nitrogen and oxygen atoms in total. The summed E-state index contributed by atoms with van der Waals surface area (Å²) in [6.07, 6.45) is 15.7. The largest absolute Gasteiger partial charge is 0.394 e. The van der Waals surface area contributed by atoms with Gasteiger partial charge in [0.15, 0.2) is 0 Å². The van der Waals surface area contributed by atoms with Gasteiger partial charge < -0.3 is 20.1 Å². The number of hydrogen-bond acceptors (Lipinski definition) is 4. The maximum Gasteiger partial charge on any atom is 0.100 e. The minimum absolute atomic E-state index is 0.182. The molecule has 0 amide bonds. The molecule has 0 saturated heterocycles. The lowest BCUT2D eigenvalue weighted by Crippen LogP contribution is -2.19. The summed E-state index contributed by atoms with van der Waals surface area (Å²) in [5.74, 6) is 0. The van der Waals surface area contributed by atoms with Gasteiger partial charge in [-0.05, 0) is 19.3 Å². The second-order valence-corrected chi connectivity index (χ2v) is 6.31. The quantitative estimate of drug-likeness (QED) is 0.282. The van der Waals surface area contributed by atoms with Crippen molar-refractivity contribution in [2.24, 2.45) is 0 Å². The first-order chi connectivity index (χ1) is 11.2. The van der Waals surface area contributed by atoms with Crippen LogP contribution in [0.1, 0.15) is 77.6 Å². The van der Waals surface area contributed by atoms with Crippen LogP contribution in [0.4, 0.5) is 0 Å². The number of allylic oxidation sites excluding steroid dienone is 1. The summed E-state index contributed by atoms with van der Waals surface area (Å²) in [5.41, 5.74) is 0. The third-order valence-electron chi connectivity index (χ3n) is 3.89. The fourth-order valence-electron chi connectivity index (χ4n) is 2.41. The van der Waals surface area contributed by atoms with Crippen molar-refractivity contribution in [1.29, 1.82) is 0 Å². The molecule has 0 radical (unpaired) electrons. The Morgan fingerprint density at radius 3 is 2.22 bits per heavy atom. The van der Waals surface area contributed by atoms with Crippen molar-refractivity contribution in [1.82, 2.24) is 0 Å². The highest BCUT2D eigenvalue weighted by Crippen LogP contribution is 2.11. The number of aliphatic hydroxyl groups is 3. The van der Waals surface area contributed by atoms with Gasteiger partial charge in [0.05, 0.1) is 19.3 Å². The van der Waals surface area contributed by atoms with Gasteiger partial charge in [0.25, 0.3) is 0 Å². The van der Waals surface area contributed by atoms with E-state index in [0.717, 1.165) is 25.7 Å². The van der Waals surface area contributed by atoms with Gasteiger partial charge in [-0.2, -0.15) is 0 Å². The second-order valence-electron chi connectivity index (χ2n) is 6.31. The van der Waals surface area contributed by atoms with Crippen molar-refractivity contribution >= 4 is 0 Å². The van der Waals surface area contributed by atoms with E-state index in [1.165, 1.54) is 44.9 Å². The number of hydrogen-bond donors (Lipinski definition) is 3. The fourth-order valence-corrected chi connectivity index (χ4v) is 2.41. The number of unbranched alkanes of at least 4 members (excludes halogenated alkanes) is 8. The summed E-state index contributed by atoms with van der Waals surface area (Å²) in [6.45, 7) is 2.73. The van der Waals surface area contributed by atoms with Crippen LogP contribution in [-0.4, -0.2) is 47.3 Å². The van der Waals surface area contributed by atoms with Crippen molar-refractivity contribution < 1.29 is 20.1 Å². The molecule has 0 aromatic heterocycles. The second kappa shape index (κ2) is 17.9. The van der Waals surface area contributed by atoms with E-state index in [0.29, 0.717) is 6.61 Å². The smallest absolute Gasteiger partial charge is 0.100 e. The standard InChI is InChI=1S/C19H38O4/c1-2-3-4-5-6-7-8-10-13-18(21)14-11-9-12-15-23-17-19(22)16-20/h11,14,18-22H,2-10,12-13,15-17H2,1H3/b14-11+. The van der Waals surface area contributed by atoms with Crippen molar-refractivity contribution in [2.45, 2.75) is 89.8 Å². The van der Waals surface area contributed by atoms with Crippen LogP contribution in [0.2, 0.25) is 0 Å². The zero-order valence-corrected chi connectivity index (χ0v) is 15.0. The van der Waals surface area contributed by atoms with E-state index in [1.807, 2.05) is 12.2 Å². The molecule has 0 aromatic carbocycles. The maximum absolute atomic E-state index is 9.85. The van der Waals surface area contributed by atoms with Gasteiger partial charge >= 0.3 is 0 Å². The minimum Gasteiger partial charge on any atom is -0.394 e. The Morgan fingerprint density at radius 1 is 0.913 bits per heavy atom. The van der Waals surface area contributed by atoms with E-state index in [2.05, 4.69) is 6.92 Å². The van der Waals surface area contributed by atoms with Crippen molar-refractivity contribution in [3.8, 4) is 0 Å². The van der Waals surface area contributed by atoms with Crippen LogP contribution in [0.15, 0.2) is 12.2 Å². The van der Waals surface area contributed by atoms with Crippen LogP contribution in [0.25, 0.3) is 0 Å². The molecule has 2 atom stereocenters. The van der Waals surface area contributed by atoms with E-state index < -0.39 is 6.10 Å². The lowest BCUT2D eigenvalue weighted by molar-refractivity contribution is 0.00585. The highest BCUT2D eigenvalue weighted by Gasteiger charge is 2.01. The summed E-state index contributed by atoms with van der Waals surface area (Å²) in [6, 6.07) is 0. The molecule has 0 heterocycles. The number of aliphatic hydroxyl groups excluding tert-OH is 3. The molecule has 2 unspecified atom stereocenters. The van der Waals surface area contributed by atoms with Crippen molar-refractivity contribution in [3.63, 3.8) is 0 Å². The van der Waals surface area contributed by atoms with Crippen LogP contribution >= 0.6 is 0 Å². The average molecular weight is 331 g/mol. The Kier molecular flexibility index (Phi) is 17.6. The fraction of sp³-hybridized carbons (Fsp3) is 0.895. The summed E-state index contributed by atoms with van der Waals surface area (Å²) < 4.78 is 5.21. The van der Waals surface area contributed by atoms with Crippen LogP contribution in [0, 0.1) is 0 Å². The van der Waals surface area contributed by atoms with Gasteiger partial charge in [0, 0.05) is 6.61 Å². The van der Waals surface area contributed by atoms with E-state index in [1.54, 1.807) is 0 Å². The third-order valence-corrected chi connectivity index (χ3v) is 3.89. The topological polar surface area (TPSA) is 69.9 Å². The molecule has 0 bridgehead atoms. The van der Waals surface area contributed by atoms with Crippen LogP contribution in [0.3, 0.4) is 0 Å². The van der Waals surface area contributed by atoms with E-state index in [-0.39, 0.29) is 19.3 Å². The molecular formula is C19H38O4. The Balaban J connectivity index is 3.30. The van der Waals surface area contributed by atoms with Crippen LogP contribution in [-0.2, 0) is 4.74 Å². The predicted molar refractivity (Wildman–Crippen MR) is 95.5 cm³/mol. The first-order valence-corrected chi connectivity index (χ1v) is 9.42. The minimum atomic E-state index is -0.779. The molecule has 0 rings (SSSR count). The molecule has 23 heavy (non-hydrogen) atoms. The van der Waals surface area contributed by atoms with Gasteiger partial charge in [0.2, 0.25) is 0 Å². The summed E-state index contributed by atoms with van der Waals surface area (Å²) in [5, 5.41) is 27.6. The highest BCUT2D eigenvalue weighted by atomic mass is 16.5. The SMILES string of the molecule is CCCCCCCCCCC(O)/C=C/CCCOCC(O)CO. The van der Waals surface area contributed by atoms with Crippen molar-refractivity contribution in [2.75, 3.05) is 19.8 Å². The Hall–Kier alpha value is -0.420. The first kappa shape index (κ1) is 22.6. The Labute approximate surface area is 142 Å². The van der Waals surface area contributed by atoms with Gasteiger partial charge in [-0.1, -0.05) is 70.4 Å². The van der Waals surface area contributed by atoms with Gasteiger partial charge in [0.1, 0.15) is 6.10 Å². The van der Waals surface area contributed by atoms with Crippen LogP contribution in [0.5, 0.6) is 0 Å². The molecule has 0 saturated carbocycles. The number of ether oxygens (including phenoxy) is 1. The highest BCUT2D eigenvalue weighted by molar-refractivity contribution is 4.88. The van der Waals surface area contributed by atoms with Gasteiger partial charge in [-0.3, -0.25) is 0 Å². The molecule has 0 aliphatic carbocycles. The first-order valence-electron chi connectivity index (χ1n) is 9.42. The van der Waals surface area contributed by atoms with E-state index >= 15 is 0 Å². The predicted octanol–water partition coefficient (Wildman–Crippen LogP) is 3.58. The molecule has 138 valence electrons. The molecule has 0 aliphatic rings. The molecule has 0 aromatic rings. The molecule has 0 spiro atoms. The van der Waals surface area contributed by atoms with Crippen molar-refractivity contribution in [3.05, 3.63) is 12.2 Å². The summed E-state index contributed by atoms with van der Waals surface area (Å²) in [4.78, 5) is 0. The summed E-state index contributed by atoms with van der Waals surface area (Å²) in [7, 11) is 0. The van der Waals surface area contributed by atoms with Crippen LogP contribution < -0.4 is 0 Å². The Bertz CT molecular complexity index is 256. The van der Waals surface area contributed by atoms with Gasteiger partial charge in [-0.15, -0.1) is 0 Å². The molecule has 4 heteroatoms. The van der Waals surface area contributed by atoms with Gasteiger partial charge in [-0.25, -0.2) is 0 Å². The van der Waals surface area contributed by atoms with E-state index in [9.17, 15) is 5.11 Å². The third kappa shape index (κ3) is 17.8. The molecule has 0 fully saturated rings. The average Bonchev–Trinajstić information content (AvgIpc) is 2.56. The zero-order chi connectivity index (χ0) is 17.2.